The van der Waals surface area contributed by atoms with Gasteiger partial charge in [-0.3, -0.25) is 0 Å². The molecule has 0 atom stereocenters. The predicted octanol–water partition coefficient (Wildman–Crippen LogP) is 3.03. The van der Waals surface area contributed by atoms with Crippen LogP contribution in [0, 0.1) is 0 Å². The molecule has 1 N–H and O–H groups in total. The van der Waals surface area contributed by atoms with E-state index in [1.54, 1.807) is 6.07 Å². The molecule has 1 rings (SSSR count). The van der Waals surface area contributed by atoms with Gasteiger partial charge >= 0.3 is 0 Å². The summed E-state index contributed by atoms with van der Waals surface area (Å²) in [7, 11) is 0. The van der Waals surface area contributed by atoms with Gasteiger partial charge in [0.05, 0.1) is 0 Å². The van der Waals surface area contributed by atoms with Gasteiger partial charge in [-0.05, 0) is 11.3 Å². The van der Waals surface area contributed by atoms with E-state index < -0.39 is 0 Å². The molecule has 0 heterocycles. The minimum absolute atomic E-state index is 0.408. The minimum atomic E-state index is 0.408. The molecule has 0 aliphatic rings. The zero-order chi connectivity index (χ0) is 8.97. The van der Waals surface area contributed by atoms with Gasteiger partial charge in [-0.25, -0.2) is 0 Å². The van der Waals surface area contributed by atoms with E-state index in [0.29, 0.717) is 11.0 Å². The largest absolute Gasteiger partial charge is 0.508 e. The average Bonchev–Trinajstić information content (AvgIpc) is 2.03. The Bertz CT molecular complexity index is 245. The van der Waals surface area contributed by atoms with Crippen molar-refractivity contribution in [1.82, 2.24) is 0 Å². The fraction of sp³-hybridized carbons (Fsp3) is 0.400. The van der Waals surface area contributed by atoms with Crippen LogP contribution in [0.25, 0.3) is 0 Å². The van der Waals surface area contributed by atoms with E-state index in [9.17, 15) is 5.11 Å². The van der Waals surface area contributed by atoms with Crippen molar-refractivity contribution in [2.75, 3.05) is 0 Å². The Labute approximate surface area is 77.8 Å². The highest BCUT2D eigenvalue weighted by atomic mass is 32.2. The fourth-order valence-electron chi connectivity index (χ4n) is 0.889. The predicted molar refractivity (Wildman–Crippen MR) is 54.5 cm³/mol. The summed E-state index contributed by atoms with van der Waals surface area (Å²) in [4.78, 5) is 0. The van der Waals surface area contributed by atoms with Gasteiger partial charge in [0.25, 0.3) is 0 Å². The molecule has 0 aliphatic carbocycles. The smallest absolute Gasteiger partial charge is 0.119 e. The van der Waals surface area contributed by atoms with Crippen molar-refractivity contribution in [1.29, 1.82) is 0 Å². The van der Waals surface area contributed by atoms with E-state index >= 15 is 0 Å². The standard InChI is InChI=1S/C10H14OS/c1-8(2)12-7-9-5-3-4-6-10(9)11/h3-6,8,11H,7H2,1-2H3. The molecule has 0 saturated heterocycles. The van der Waals surface area contributed by atoms with Crippen LogP contribution < -0.4 is 0 Å². The van der Waals surface area contributed by atoms with Crippen molar-refractivity contribution in [2.45, 2.75) is 24.9 Å². The second-order valence-electron chi connectivity index (χ2n) is 2.99. The summed E-state index contributed by atoms with van der Waals surface area (Å²) in [5, 5.41) is 10.0. The van der Waals surface area contributed by atoms with E-state index in [2.05, 4.69) is 13.8 Å². The van der Waals surface area contributed by atoms with Gasteiger partial charge in [0, 0.05) is 11.3 Å². The van der Waals surface area contributed by atoms with Crippen molar-refractivity contribution in [2.24, 2.45) is 0 Å². The molecule has 0 spiro atoms. The Morgan fingerprint density at radius 2 is 2.00 bits per heavy atom. The van der Waals surface area contributed by atoms with Crippen LogP contribution in [0.15, 0.2) is 24.3 Å². The molecular formula is C10H14OS. The number of rotatable bonds is 3. The summed E-state index contributed by atoms with van der Waals surface area (Å²) >= 11 is 1.84. The summed E-state index contributed by atoms with van der Waals surface area (Å²) in [6.45, 7) is 4.31. The van der Waals surface area contributed by atoms with E-state index in [4.69, 9.17) is 0 Å². The fourth-order valence-corrected chi connectivity index (χ4v) is 1.65. The second-order valence-corrected chi connectivity index (χ2v) is 4.55. The van der Waals surface area contributed by atoms with E-state index in [1.807, 2.05) is 30.0 Å². The Hall–Kier alpha value is -0.630. The van der Waals surface area contributed by atoms with Gasteiger partial charge in [-0.1, -0.05) is 32.0 Å². The minimum Gasteiger partial charge on any atom is -0.508 e. The highest BCUT2D eigenvalue weighted by Crippen LogP contribution is 2.23. The van der Waals surface area contributed by atoms with Gasteiger partial charge in [-0.2, -0.15) is 11.8 Å². The first kappa shape index (κ1) is 9.46. The molecule has 1 nitrogen and oxygen atoms in total. The molecule has 0 aliphatic heterocycles. The summed E-state index contributed by atoms with van der Waals surface area (Å²) in [6.07, 6.45) is 0. The van der Waals surface area contributed by atoms with Gasteiger partial charge in [-0.15, -0.1) is 0 Å². The number of aromatic hydroxyl groups is 1. The molecule has 0 fully saturated rings. The SMILES string of the molecule is CC(C)SCc1ccccc1O. The molecule has 0 aromatic heterocycles. The molecule has 0 radical (unpaired) electrons. The normalized spacial score (nSPS) is 10.6. The molecule has 0 bridgehead atoms. The van der Waals surface area contributed by atoms with Crippen LogP contribution in [0.5, 0.6) is 5.75 Å². The lowest BCUT2D eigenvalue weighted by Crippen LogP contribution is -1.88. The van der Waals surface area contributed by atoms with Gasteiger partial charge in [0.1, 0.15) is 5.75 Å². The summed E-state index contributed by atoms with van der Waals surface area (Å²) in [5.41, 5.74) is 1.02. The zero-order valence-electron chi connectivity index (χ0n) is 7.45. The monoisotopic (exact) mass is 182 g/mol. The van der Waals surface area contributed by atoms with Crippen LogP contribution in [-0.4, -0.2) is 10.4 Å². The number of thioether (sulfide) groups is 1. The van der Waals surface area contributed by atoms with Crippen LogP contribution in [0.4, 0.5) is 0 Å². The van der Waals surface area contributed by atoms with Gasteiger partial charge in [0.15, 0.2) is 0 Å². The van der Waals surface area contributed by atoms with Crippen LogP contribution in [0.3, 0.4) is 0 Å². The molecule has 12 heavy (non-hydrogen) atoms. The van der Waals surface area contributed by atoms with Gasteiger partial charge < -0.3 is 5.11 Å². The maximum atomic E-state index is 9.41. The third-order valence-electron chi connectivity index (χ3n) is 1.56. The molecule has 2 heteroatoms. The number of hydrogen-bond donors (Lipinski definition) is 1. The lowest BCUT2D eigenvalue weighted by Gasteiger charge is -2.05. The summed E-state index contributed by atoms with van der Waals surface area (Å²) in [6, 6.07) is 7.50. The number of phenols is 1. The van der Waals surface area contributed by atoms with Crippen molar-refractivity contribution < 1.29 is 5.11 Å². The zero-order valence-corrected chi connectivity index (χ0v) is 8.27. The topological polar surface area (TPSA) is 20.2 Å². The Morgan fingerprint density at radius 3 is 2.58 bits per heavy atom. The molecular weight excluding hydrogens is 168 g/mol. The highest BCUT2D eigenvalue weighted by Gasteiger charge is 2.00. The van der Waals surface area contributed by atoms with Crippen LogP contribution in [0.2, 0.25) is 0 Å². The van der Waals surface area contributed by atoms with Crippen molar-refractivity contribution in [3.63, 3.8) is 0 Å². The first-order valence-corrected chi connectivity index (χ1v) is 5.13. The van der Waals surface area contributed by atoms with E-state index in [1.165, 1.54) is 0 Å². The first-order valence-electron chi connectivity index (χ1n) is 4.08. The molecule has 0 amide bonds. The Balaban J connectivity index is 2.57. The third kappa shape index (κ3) is 2.78. The van der Waals surface area contributed by atoms with Crippen molar-refractivity contribution in [3.8, 4) is 5.75 Å². The molecule has 66 valence electrons. The highest BCUT2D eigenvalue weighted by molar-refractivity contribution is 7.99. The Kier molecular flexibility index (Phi) is 3.48. The lowest BCUT2D eigenvalue weighted by molar-refractivity contribution is 0.470. The van der Waals surface area contributed by atoms with Crippen LogP contribution in [0.1, 0.15) is 19.4 Å². The van der Waals surface area contributed by atoms with Gasteiger partial charge in [0.2, 0.25) is 0 Å². The maximum Gasteiger partial charge on any atom is 0.119 e. The Morgan fingerprint density at radius 1 is 1.33 bits per heavy atom. The van der Waals surface area contributed by atoms with Crippen LogP contribution >= 0.6 is 11.8 Å². The summed E-state index contributed by atoms with van der Waals surface area (Å²) in [5.74, 6) is 1.30. The maximum absolute atomic E-state index is 9.41. The number of benzene rings is 1. The van der Waals surface area contributed by atoms with Crippen molar-refractivity contribution >= 4 is 11.8 Å². The number of phenolic OH excluding ortho intramolecular Hbond substituents is 1. The number of hydrogen-bond acceptors (Lipinski definition) is 2. The molecule has 1 aromatic rings. The summed E-state index contributed by atoms with van der Waals surface area (Å²) < 4.78 is 0. The first-order chi connectivity index (χ1) is 5.70. The second kappa shape index (κ2) is 4.41. The average molecular weight is 182 g/mol. The number of para-hydroxylation sites is 1. The van der Waals surface area contributed by atoms with E-state index in [-0.39, 0.29) is 0 Å². The van der Waals surface area contributed by atoms with Crippen LogP contribution in [-0.2, 0) is 5.75 Å². The molecule has 1 aromatic carbocycles. The lowest BCUT2D eigenvalue weighted by atomic mass is 10.2. The molecule has 0 saturated carbocycles. The quantitative estimate of drug-likeness (QED) is 0.775. The van der Waals surface area contributed by atoms with Crippen molar-refractivity contribution in [3.05, 3.63) is 29.8 Å². The third-order valence-corrected chi connectivity index (χ3v) is 2.71. The van der Waals surface area contributed by atoms with E-state index in [0.717, 1.165) is 11.3 Å². The molecule has 0 unspecified atom stereocenters.